The smallest absolute Gasteiger partial charge is 0.355 e. The molecule has 0 bridgehead atoms. The van der Waals surface area contributed by atoms with E-state index in [0.29, 0.717) is 24.8 Å². The molecule has 2 heterocycles. The number of guanidine groups is 1. The number of carbonyl (C=O) groups excluding carboxylic acids is 1. The Kier molecular flexibility index (Phi) is 6.92. The normalized spacial score (nSPS) is 17.2. The van der Waals surface area contributed by atoms with Crippen molar-refractivity contribution < 1.29 is 9.53 Å². The molecule has 25 heavy (non-hydrogen) atoms. The molecule has 0 saturated heterocycles. The van der Waals surface area contributed by atoms with Crippen LogP contribution in [0.3, 0.4) is 0 Å². The molecule has 0 radical (unpaired) electrons. The predicted octanol–water partition coefficient (Wildman–Crippen LogP) is 3.11. The molecule has 0 fully saturated rings. The molecule has 1 aliphatic heterocycles. The number of aromatic amines is 1. The second-order valence-corrected chi connectivity index (χ2v) is 6.63. The summed E-state index contributed by atoms with van der Waals surface area (Å²) < 4.78 is 8.39. The Hall–Kier alpha value is -1.96. The SMILES string of the molecule is CCN=C(NSc1c(C)[nH]c(C(=O)OCC)c1C)N1CC(CC)C=N1. The molecule has 0 aromatic carbocycles. The van der Waals surface area contributed by atoms with Gasteiger partial charge in [0.15, 0.2) is 0 Å². The predicted molar refractivity (Wildman–Crippen MR) is 102 cm³/mol. The van der Waals surface area contributed by atoms with Crippen molar-refractivity contribution in [2.24, 2.45) is 16.0 Å². The van der Waals surface area contributed by atoms with Gasteiger partial charge >= 0.3 is 5.97 Å². The fourth-order valence-electron chi connectivity index (χ4n) is 2.57. The number of aryl methyl sites for hydroxylation is 1. The van der Waals surface area contributed by atoms with Gasteiger partial charge in [0.1, 0.15) is 5.69 Å². The summed E-state index contributed by atoms with van der Waals surface area (Å²) >= 11 is 1.44. The van der Waals surface area contributed by atoms with Crippen LogP contribution in [0.5, 0.6) is 0 Å². The van der Waals surface area contributed by atoms with E-state index in [0.717, 1.165) is 35.1 Å². The first-order valence-electron chi connectivity index (χ1n) is 8.66. The number of hydrazone groups is 1. The van der Waals surface area contributed by atoms with Crippen molar-refractivity contribution in [3.05, 3.63) is 17.0 Å². The summed E-state index contributed by atoms with van der Waals surface area (Å²) in [6.07, 6.45) is 3.04. The third-order valence-electron chi connectivity index (χ3n) is 3.99. The van der Waals surface area contributed by atoms with Gasteiger partial charge in [0, 0.05) is 24.4 Å². The van der Waals surface area contributed by atoms with Crippen molar-refractivity contribution in [2.45, 2.75) is 45.9 Å². The molecule has 1 unspecified atom stereocenters. The lowest BCUT2D eigenvalue weighted by molar-refractivity contribution is 0.0519. The molecule has 1 aliphatic rings. The standard InChI is InChI=1S/C17H27N5O2S/c1-6-13-9-19-22(10-13)17(18-7-2)21-25-15-11(4)14(20-12(15)5)16(23)24-8-3/h9,13,20H,6-8,10H2,1-5H3,(H,18,21). The van der Waals surface area contributed by atoms with Crippen LogP contribution in [0.25, 0.3) is 0 Å². The van der Waals surface area contributed by atoms with Crippen LogP contribution in [0.1, 0.15) is 48.9 Å². The molecule has 1 atom stereocenters. The minimum Gasteiger partial charge on any atom is -0.461 e. The van der Waals surface area contributed by atoms with Crippen LogP contribution in [0.2, 0.25) is 0 Å². The van der Waals surface area contributed by atoms with E-state index >= 15 is 0 Å². The first-order valence-corrected chi connectivity index (χ1v) is 9.48. The van der Waals surface area contributed by atoms with Crippen LogP contribution in [-0.4, -0.2) is 47.8 Å². The summed E-state index contributed by atoms with van der Waals surface area (Å²) in [4.78, 5) is 20.6. The molecule has 1 aromatic rings. The third kappa shape index (κ3) is 4.56. The molecule has 0 amide bonds. The zero-order valence-corrected chi connectivity index (χ0v) is 16.4. The van der Waals surface area contributed by atoms with Crippen LogP contribution in [-0.2, 0) is 4.74 Å². The van der Waals surface area contributed by atoms with Crippen molar-refractivity contribution in [1.82, 2.24) is 14.7 Å². The Morgan fingerprint density at radius 3 is 2.84 bits per heavy atom. The van der Waals surface area contributed by atoms with E-state index in [1.54, 1.807) is 6.92 Å². The fourth-order valence-corrected chi connectivity index (χ4v) is 3.40. The van der Waals surface area contributed by atoms with E-state index in [1.165, 1.54) is 11.9 Å². The molecule has 1 aromatic heterocycles. The number of hydrogen-bond donors (Lipinski definition) is 2. The van der Waals surface area contributed by atoms with E-state index in [1.807, 2.05) is 32.0 Å². The summed E-state index contributed by atoms with van der Waals surface area (Å²) in [7, 11) is 0. The lowest BCUT2D eigenvalue weighted by Gasteiger charge is -2.18. The van der Waals surface area contributed by atoms with Gasteiger partial charge in [-0.1, -0.05) is 6.92 Å². The van der Waals surface area contributed by atoms with Gasteiger partial charge in [-0.15, -0.1) is 0 Å². The Balaban J connectivity index is 2.10. The minimum atomic E-state index is -0.327. The first kappa shape index (κ1) is 19.4. The van der Waals surface area contributed by atoms with Gasteiger partial charge in [-0.25, -0.2) is 9.80 Å². The number of hydrogen-bond acceptors (Lipinski definition) is 5. The second-order valence-electron chi connectivity index (χ2n) is 5.82. The highest BCUT2D eigenvalue weighted by Gasteiger charge is 2.22. The van der Waals surface area contributed by atoms with E-state index in [-0.39, 0.29) is 5.97 Å². The minimum absolute atomic E-state index is 0.327. The number of ether oxygens (including phenoxy) is 1. The van der Waals surface area contributed by atoms with Crippen LogP contribution in [0.15, 0.2) is 15.0 Å². The lowest BCUT2D eigenvalue weighted by Crippen LogP contribution is -2.34. The molecule has 138 valence electrons. The monoisotopic (exact) mass is 365 g/mol. The average molecular weight is 366 g/mol. The number of nitrogens with zero attached hydrogens (tertiary/aromatic N) is 3. The Morgan fingerprint density at radius 2 is 2.24 bits per heavy atom. The molecule has 0 aliphatic carbocycles. The number of aromatic nitrogens is 1. The Labute approximate surface area is 153 Å². The van der Waals surface area contributed by atoms with Crippen LogP contribution in [0.4, 0.5) is 0 Å². The average Bonchev–Trinajstić information content (AvgIpc) is 3.17. The van der Waals surface area contributed by atoms with Gasteiger partial charge in [-0.05, 0) is 51.6 Å². The van der Waals surface area contributed by atoms with Crippen LogP contribution < -0.4 is 4.72 Å². The largest absolute Gasteiger partial charge is 0.461 e. The highest BCUT2D eigenvalue weighted by atomic mass is 32.2. The summed E-state index contributed by atoms with van der Waals surface area (Å²) in [5.41, 5.74) is 2.30. The number of rotatable bonds is 6. The molecule has 2 rings (SSSR count). The molecule has 7 nitrogen and oxygen atoms in total. The molecule has 0 saturated carbocycles. The summed E-state index contributed by atoms with van der Waals surface area (Å²) in [6.45, 7) is 11.7. The molecule has 2 N–H and O–H groups in total. The number of nitrogens with one attached hydrogen (secondary N) is 2. The maximum atomic E-state index is 12.0. The number of H-pyrrole nitrogens is 1. The number of aliphatic imine (C=N–C) groups is 1. The Morgan fingerprint density at radius 1 is 1.48 bits per heavy atom. The second kappa shape index (κ2) is 8.94. The van der Waals surface area contributed by atoms with Gasteiger partial charge in [0.05, 0.1) is 18.0 Å². The van der Waals surface area contributed by atoms with Crippen molar-refractivity contribution in [3.8, 4) is 0 Å². The molecule has 0 spiro atoms. The molecular formula is C17H27N5O2S. The van der Waals surface area contributed by atoms with Crippen molar-refractivity contribution in [2.75, 3.05) is 19.7 Å². The molecule has 8 heteroatoms. The Bertz CT molecular complexity index is 668. The zero-order chi connectivity index (χ0) is 18.4. The fraction of sp³-hybridized carbons (Fsp3) is 0.588. The van der Waals surface area contributed by atoms with Crippen LogP contribution >= 0.6 is 11.9 Å². The van der Waals surface area contributed by atoms with Gasteiger partial charge < -0.3 is 9.72 Å². The zero-order valence-electron chi connectivity index (χ0n) is 15.5. The van der Waals surface area contributed by atoms with Gasteiger partial charge in [0.25, 0.3) is 0 Å². The van der Waals surface area contributed by atoms with E-state index in [2.05, 4.69) is 26.7 Å². The maximum absolute atomic E-state index is 12.0. The van der Waals surface area contributed by atoms with Crippen molar-refractivity contribution in [1.29, 1.82) is 0 Å². The van der Waals surface area contributed by atoms with Crippen molar-refractivity contribution in [3.63, 3.8) is 0 Å². The number of carbonyl (C=O) groups is 1. The van der Waals surface area contributed by atoms with E-state index in [9.17, 15) is 4.79 Å². The van der Waals surface area contributed by atoms with Gasteiger partial charge in [-0.2, -0.15) is 5.10 Å². The lowest BCUT2D eigenvalue weighted by atomic mass is 10.1. The summed E-state index contributed by atoms with van der Waals surface area (Å²) in [6, 6.07) is 0. The van der Waals surface area contributed by atoms with E-state index < -0.39 is 0 Å². The highest BCUT2D eigenvalue weighted by molar-refractivity contribution is 7.98. The molecular weight excluding hydrogens is 338 g/mol. The maximum Gasteiger partial charge on any atom is 0.355 e. The topological polar surface area (TPSA) is 82.1 Å². The number of esters is 1. The highest BCUT2D eigenvalue weighted by Crippen LogP contribution is 2.27. The first-order chi connectivity index (χ1) is 12.0. The van der Waals surface area contributed by atoms with Gasteiger partial charge in [0.2, 0.25) is 5.96 Å². The quantitative estimate of drug-likeness (QED) is 0.350. The third-order valence-corrected chi connectivity index (χ3v) is 5.09. The van der Waals surface area contributed by atoms with E-state index in [4.69, 9.17) is 4.74 Å². The summed E-state index contributed by atoms with van der Waals surface area (Å²) in [5.74, 6) is 0.865. The van der Waals surface area contributed by atoms with Gasteiger partial charge in [-0.3, -0.25) is 9.71 Å². The summed E-state index contributed by atoms with van der Waals surface area (Å²) in [5, 5.41) is 6.34. The van der Waals surface area contributed by atoms with Crippen molar-refractivity contribution >= 4 is 30.1 Å². The van der Waals surface area contributed by atoms with Crippen LogP contribution in [0, 0.1) is 19.8 Å².